The fourth-order valence-corrected chi connectivity index (χ4v) is 3.32. The van der Waals surface area contributed by atoms with Crippen LogP contribution in [0.1, 0.15) is 51.4 Å². The summed E-state index contributed by atoms with van der Waals surface area (Å²) in [6.07, 6.45) is 1.87. The van der Waals surface area contributed by atoms with E-state index in [1.54, 1.807) is 0 Å². The van der Waals surface area contributed by atoms with Crippen LogP contribution in [0.3, 0.4) is 0 Å². The number of nitrogens with zero attached hydrogens (tertiary/aromatic N) is 4. The first kappa shape index (κ1) is 17.1. The second kappa shape index (κ2) is 6.77. The minimum atomic E-state index is -0.0959. The van der Waals surface area contributed by atoms with Crippen molar-refractivity contribution in [2.45, 2.75) is 45.1 Å². The Kier molecular flexibility index (Phi) is 4.46. The Labute approximate surface area is 155 Å². The van der Waals surface area contributed by atoms with Crippen LogP contribution in [0.5, 0.6) is 10.9 Å². The highest BCUT2D eigenvalue weighted by molar-refractivity contribution is 7.07. The topological polar surface area (TPSA) is 83.2 Å². The Bertz CT molecular complexity index is 876. The molecule has 136 valence electrons. The highest BCUT2D eigenvalue weighted by Gasteiger charge is 2.24. The Morgan fingerprint density at radius 2 is 1.96 bits per heavy atom. The maximum Gasteiger partial charge on any atom is 0.298 e. The van der Waals surface area contributed by atoms with Crippen LogP contribution in [0.15, 0.2) is 28.8 Å². The maximum atomic E-state index is 5.79. The van der Waals surface area contributed by atoms with Gasteiger partial charge in [-0.2, -0.15) is 14.3 Å². The van der Waals surface area contributed by atoms with E-state index in [9.17, 15) is 0 Å². The minimum absolute atomic E-state index is 0.0757. The summed E-state index contributed by atoms with van der Waals surface area (Å²) in [6.45, 7) is 6.97. The molecule has 4 rings (SSSR count). The lowest BCUT2D eigenvalue weighted by Crippen LogP contribution is -2.12. The lowest BCUT2D eigenvalue weighted by Gasteiger charge is -2.11. The van der Waals surface area contributed by atoms with E-state index in [-0.39, 0.29) is 11.5 Å². The fraction of sp³-hybridized carbons (Fsp3) is 0.444. The number of ether oxygens (including phenoxy) is 2. The van der Waals surface area contributed by atoms with Gasteiger partial charge in [-0.1, -0.05) is 25.9 Å². The predicted octanol–water partition coefficient (Wildman–Crippen LogP) is 4.53. The van der Waals surface area contributed by atoms with Crippen molar-refractivity contribution in [2.75, 3.05) is 6.61 Å². The van der Waals surface area contributed by atoms with Crippen molar-refractivity contribution >= 4 is 11.5 Å². The van der Waals surface area contributed by atoms with Gasteiger partial charge in [0, 0.05) is 29.1 Å². The Hall–Kier alpha value is -2.32. The van der Waals surface area contributed by atoms with Crippen LogP contribution in [0.25, 0.3) is 11.4 Å². The lowest BCUT2D eigenvalue weighted by molar-refractivity contribution is 0.0835. The zero-order valence-corrected chi connectivity index (χ0v) is 15.7. The summed E-state index contributed by atoms with van der Waals surface area (Å²) < 4.78 is 21.0. The molecule has 1 aliphatic heterocycles. The zero-order valence-electron chi connectivity index (χ0n) is 14.9. The molecule has 1 unspecified atom stereocenters. The molecule has 8 heteroatoms. The summed E-state index contributed by atoms with van der Waals surface area (Å²) in [5.41, 5.74) is 0.763. The van der Waals surface area contributed by atoms with Crippen molar-refractivity contribution in [1.82, 2.24) is 19.5 Å². The summed E-state index contributed by atoms with van der Waals surface area (Å²) in [7, 11) is 0. The Morgan fingerprint density at radius 3 is 2.62 bits per heavy atom. The zero-order chi connectivity index (χ0) is 18.1. The summed E-state index contributed by atoms with van der Waals surface area (Å²) >= 11 is 1.25. The van der Waals surface area contributed by atoms with Gasteiger partial charge in [0.2, 0.25) is 5.82 Å². The van der Waals surface area contributed by atoms with E-state index in [2.05, 4.69) is 40.3 Å². The first-order chi connectivity index (χ1) is 12.5. The van der Waals surface area contributed by atoms with E-state index >= 15 is 0 Å². The van der Waals surface area contributed by atoms with Gasteiger partial charge in [-0.25, -0.2) is 0 Å². The number of benzene rings is 1. The normalized spacial score (nSPS) is 17.6. The van der Waals surface area contributed by atoms with Gasteiger partial charge in [-0.3, -0.25) is 0 Å². The van der Waals surface area contributed by atoms with Gasteiger partial charge < -0.3 is 14.0 Å². The minimum Gasteiger partial charge on any atom is -0.430 e. The summed E-state index contributed by atoms with van der Waals surface area (Å²) in [5.74, 6) is 2.56. The van der Waals surface area contributed by atoms with E-state index in [4.69, 9.17) is 14.0 Å². The van der Waals surface area contributed by atoms with E-state index in [1.807, 2.05) is 24.3 Å². The molecular weight excluding hydrogens is 352 g/mol. The molecule has 26 heavy (non-hydrogen) atoms. The van der Waals surface area contributed by atoms with E-state index < -0.39 is 0 Å². The molecule has 3 aromatic rings. The third-order valence-electron chi connectivity index (χ3n) is 4.04. The highest BCUT2D eigenvalue weighted by atomic mass is 32.1. The molecule has 1 atom stereocenters. The molecule has 0 amide bonds. The number of rotatable bonds is 4. The van der Waals surface area contributed by atoms with E-state index in [0.29, 0.717) is 22.7 Å². The van der Waals surface area contributed by atoms with E-state index in [0.717, 1.165) is 30.8 Å². The number of hydrogen-bond acceptors (Lipinski definition) is 8. The van der Waals surface area contributed by atoms with Gasteiger partial charge in [-0.15, -0.1) is 0 Å². The fourth-order valence-electron chi connectivity index (χ4n) is 2.58. The van der Waals surface area contributed by atoms with Gasteiger partial charge in [0.1, 0.15) is 11.9 Å². The van der Waals surface area contributed by atoms with Gasteiger partial charge >= 0.3 is 0 Å². The predicted molar refractivity (Wildman–Crippen MR) is 96.3 cm³/mol. The third kappa shape index (κ3) is 3.61. The van der Waals surface area contributed by atoms with Crippen LogP contribution < -0.4 is 4.74 Å². The summed E-state index contributed by atoms with van der Waals surface area (Å²) in [5, 5.41) is 4.58. The van der Waals surface area contributed by atoms with E-state index in [1.165, 1.54) is 11.5 Å². The SMILES string of the molecule is CC(C)(C)c1nsc(Oc2ccc(-c3noc(C4CCCO4)n3)cc2)n1. The van der Waals surface area contributed by atoms with Crippen LogP contribution >= 0.6 is 11.5 Å². The Balaban J connectivity index is 1.46. The number of aromatic nitrogens is 4. The van der Waals surface area contributed by atoms with Crippen molar-refractivity contribution in [2.24, 2.45) is 0 Å². The standard InChI is InChI=1S/C18H20N4O3S/c1-18(2,3)16-20-17(26-22-16)24-12-8-6-11(7-9-12)14-19-15(25-21-14)13-5-4-10-23-13/h6-9,13H,4-5,10H2,1-3H3. The van der Waals surface area contributed by atoms with Crippen LogP contribution in [0.4, 0.5) is 0 Å². The monoisotopic (exact) mass is 372 g/mol. The molecule has 3 heterocycles. The first-order valence-corrected chi connectivity index (χ1v) is 9.34. The molecule has 7 nitrogen and oxygen atoms in total. The molecule has 1 aliphatic rings. The average molecular weight is 372 g/mol. The first-order valence-electron chi connectivity index (χ1n) is 8.57. The van der Waals surface area contributed by atoms with Gasteiger partial charge in [0.15, 0.2) is 5.82 Å². The molecule has 0 saturated carbocycles. The van der Waals surface area contributed by atoms with Crippen LogP contribution in [-0.4, -0.2) is 26.1 Å². The van der Waals surface area contributed by atoms with Crippen molar-refractivity contribution < 1.29 is 14.0 Å². The molecule has 0 bridgehead atoms. The second-order valence-corrected chi connectivity index (χ2v) is 7.93. The second-order valence-electron chi connectivity index (χ2n) is 7.22. The highest BCUT2D eigenvalue weighted by Crippen LogP contribution is 2.31. The number of hydrogen-bond donors (Lipinski definition) is 0. The quantitative estimate of drug-likeness (QED) is 0.665. The van der Waals surface area contributed by atoms with Crippen molar-refractivity contribution in [3.05, 3.63) is 36.0 Å². The summed E-state index contributed by atoms with van der Waals surface area (Å²) in [6, 6.07) is 7.50. The van der Waals surface area contributed by atoms with Crippen LogP contribution in [0, 0.1) is 0 Å². The molecule has 0 radical (unpaired) electrons. The van der Waals surface area contributed by atoms with Gasteiger partial charge in [-0.05, 0) is 37.1 Å². The average Bonchev–Trinajstić information content (AvgIpc) is 3.36. The maximum absolute atomic E-state index is 5.79. The largest absolute Gasteiger partial charge is 0.430 e. The molecule has 0 spiro atoms. The molecule has 2 aromatic heterocycles. The lowest BCUT2D eigenvalue weighted by atomic mass is 9.96. The van der Waals surface area contributed by atoms with Crippen molar-refractivity contribution in [3.63, 3.8) is 0 Å². The molecule has 1 aromatic carbocycles. The van der Waals surface area contributed by atoms with Gasteiger partial charge in [0.05, 0.1) is 0 Å². The third-order valence-corrected chi connectivity index (χ3v) is 4.64. The molecular formula is C18H20N4O3S. The van der Waals surface area contributed by atoms with Crippen molar-refractivity contribution in [1.29, 1.82) is 0 Å². The molecule has 0 aliphatic carbocycles. The summed E-state index contributed by atoms with van der Waals surface area (Å²) in [4.78, 5) is 8.88. The van der Waals surface area contributed by atoms with Crippen LogP contribution in [0.2, 0.25) is 0 Å². The van der Waals surface area contributed by atoms with Gasteiger partial charge in [0.25, 0.3) is 11.1 Å². The van der Waals surface area contributed by atoms with Crippen molar-refractivity contribution in [3.8, 4) is 22.3 Å². The Morgan fingerprint density at radius 1 is 1.15 bits per heavy atom. The smallest absolute Gasteiger partial charge is 0.298 e. The molecule has 1 fully saturated rings. The molecule has 1 saturated heterocycles. The van der Waals surface area contributed by atoms with Crippen LogP contribution in [-0.2, 0) is 10.2 Å². The molecule has 0 N–H and O–H groups in total.